The summed E-state index contributed by atoms with van der Waals surface area (Å²) in [6, 6.07) is 6.31. The van der Waals surface area contributed by atoms with Crippen molar-refractivity contribution in [3.8, 4) is 28.7 Å². The highest BCUT2D eigenvalue weighted by atomic mass is 16.7. The van der Waals surface area contributed by atoms with E-state index in [2.05, 4.69) is 21.3 Å². The fraction of sp³-hybridized carbons (Fsp3) is 0.562. The number of carbonyl (C=O) groups excluding carboxylic acids is 2. The third-order valence-corrected chi connectivity index (χ3v) is 8.67. The van der Waals surface area contributed by atoms with Crippen LogP contribution in [0.25, 0.3) is 0 Å². The Labute approximate surface area is 263 Å². The number of nitrogens with two attached hydrogens (primary N) is 1. The van der Waals surface area contributed by atoms with Crippen LogP contribution in [0.1, 0.15) is 54.3 Å². The molecule has 2 aromatic carbocycles. The van der Waals surface area contributed by atoms with Gasteiger partial charge >= 0.3 is 12.0 Å². The summed E-state index contributed by atoms with van der Waals surface area (Å²) in [4.78, 5) is 26.5. The number of ether oxygens (including phenoxy) is 5. The van der Waals surface area contributed by atoms with Crippen LogP contribution in [0.5, 0.6) is 28.7 Å². The van der Waals surface area contributed by atoms with Gasteiger partial charge in [0.2, 0.25) is 12.5 Å². The highest BCUT2D eigenvalue weighted by Gasteiger charge is 2.53. The third kappa shape index (κ3) is 7.32. The maximum Gasteiger partial charge on any atom is 0.315 e. The van der Waals surface area contributed by atoms with Crippen LogP contribution >= 0.6 is 0 Å². The van der Waals surface area contributed by atoms with Gasteiger partial charge < -0.3 is 55.8 Å². The van der Waals surface area contributed by atoms with Gasteiger partial charge in [0, 0.05) is 18.4 Å². The molecule has 246 valence electrons. The minimum Gasteiger partial charge on any atom is -0.502 e. The number of urea groups is 1. The molecule has 5 rings (SSSR count). The Hall–Kier alpha value is -3.94. The summed E-state index contributed by atoms with van der Waals surface area (Å²) in [5, 5.41) is 23.4. The number of methoxy groups -OCH3 is 2. The molecule has 2 heterocycles. The number of carbonyl (C=O) groups is 2. The van der Waals surface area contributed by atoms with E-state index in [0.717, 1.165) is 63.0 Å². The number of fused-ring (bicyclic) bond motifs is 3. The number of hydrogen-bond acceptors (Lipinski definition) is 11. The minimum absolute atomic E-state index is 0.0803. The zero-order valence-corrected chi connectivity index (χ0v) is 26.0. The van der Waals surface area contributed by atoms with Crippen molar-refractivity contribution in [3.63, 3.8) is 0 Å². The molecule has 0 saturated carbocycles. The van der Waals surface area contributed by atoms with Crippen molar-refractivity contribution in [2.75, 3.05) is 66.9 Å². The molecule has 1 fully saturated rings. The molecule has 0 radical (unpaired) electrons. The average Bonchev–Trinajstić information content (AvgIpc) is 3.67. The first-order valence-electron chi connectivity index (χ1n) is 15.7. The fourth-order valence-corrected chi connectivity index (χ4v) is 6.43. The maximum atomic E-state index is 13.3. The predicted molar refractivity (Wildman–Crippen MR) is 166 cm³/mol. The molecular weight excluding hydrogens is 582 g/mol. The van der Waals surface area contributed by atoms with Gasteiger partial charge in [0.25, 0.3) is 0 Å². The zero-order chi connectivity index (χ0) is 31.8. The van der Waals surface area contributed by atoms with Gasteiger partial charge in [0.1, 0.15) is 0 Å². The Morgan fingerprint density at radius 2 is 1.51 bits per heavy atom. The Morgan fingerprint density at radius 3 is 2.16 bits per heavy atom. The zero-order valence-electron chi connectivity index (χ0n) is 26.0. The highest BCUT2D eigenvalue weighted by molar-refractivity contribution is 5.80. The smallest absolute Gasteiger partial charge is 0.315 e. The molecule has 13 nitrogen and oxygen atoms in total. The lowest BCUT2D eigenvalue weighted by molar-refractivity contribution is -0.141. The van der Waals surface area contributed by atoms with E-state index < -0.39 is 17.9 Å². The molecule has 13 heteroatoms. The molecule has 0 spiro atoms. The lowest BCUT2D eigenvalue weighted by Crippen LogP contribution is -2.46. The first-order chi connectivity index (χ1) is 22.0. The van der Waals surface area contributed by atoms with E-state index in [4.69, 9.17) is 29.4 Å². The Morgan fingerprint density at radius 1 is 0.889 bits per heavy atom. The van der Waals surface area contributed by atoms with E-state index in [1.165, 1.54) is 14.2 Å². The van der Waals surface area contributed by atoms with Crippen molar-refractivity contribution < 1.29 is 38.4 Å². The van der Waals surface area contributed by atoms with Crippen LogP contribution in [0.3, 0.4) is 0 Å². The first-order valence-corrected chi connectivity index (χ1v) is 15.7. The van der Waals surface area contributed by atoms with Crippen molar-refractivity contribution in [3.05, 3.63) is 41.0 Å². The molecule has 2 aromatic rings. The Kier molecular flexibility index (Phi) is 11.1. The molecular formula is C32H45N5O8. The van der Waals surface area contributed by atoms with Crippen LogP contribution in [0, 0.1) is 11.8 Å². The van der Waals surface area contributed by atoms with E-state index >= 15 is 0 Å². The van der Waals surface area contributed by atoms with Crippen molar-refractivity contribution in [2.24, 2.45) is 17.6 Å². The number of cyclic esters (lactones) is 1. The second-order valence-electron chi connectivity index (χ2n) is 11.5. The van der Waals surface area contributed by atoms with Gasteiger partial charge in [-0.05, 0) is 99.4 Å². The molecule has 45 heavy (non-hydrogen) atoms. The summed E-state index contributed by atoms with van der Waals surface area (Å²) in [5.74, 6) is -0.357. The van der Waals surface area contributed by atoms with Gasteiger partial charge in [-0.25, -0.2) is 4.79 Å². The number of phenols is 1. The second-order valence-corrected chi connectivity index (χ2v) is 11.5. The first kappa shape index (κ1) is 32.5. The normalized spacial score (nSPS) is 21.1. The number of esters is 1. The van der Waals surface area contributed by atoms with E-state index in [-0.39, 0.29) is 48.6 Å². The minimum atomic E-state index is -0.609. The molecule has 3 aliphatic rings. The molecule has 2 unspecified atom stereocenters. The van der Waals surface area contributed by atoms with Crippen LogP contribution < -0.4 is 45.9 Å². The average molecular weight is 628 g/mol. The van der Waals surface area contributed by atoms with Gasteiger partial charge in [0.05, 0.1) is 32.8 Å². The summed E-state index contributed by atoms with van der Waals surface area (Å²) < 4.78 is 27.8. The van der Waals surface area contributed by atoms with Gasteiger partial charge in [-0.2, -0.15) is 0 Å². The number of benzene rings is 2. The summed E-state index contributed by atoms with van der Waals surface area (Å²) in [5.41, 5.74) is 7.80. The molecule has 2 amide bonds. The number of aromatic hydroxyl groups is 1. The number of rotatable bonds is 16. The fourth-order valence-electron chi connectivity index (χ4n) is 6.43. The van der Waals surface area contributed by atoms with E-state index in [1.807, 2.05) is 12.1 Å². The maximum absolute atomic E-state index is 13.3. The van der Waals surface area contributed by atoms with Crippen molar-refractivity contribution in [1.29, 1.82) is 0 Å². The highest BCUT2D eigenvalue weighted by Crippen LogP contribution is 2.55. The molecule has 4 atom stereocenters. The Bertz CT molecular complexity index is 1320. The molecule has 1 saturated heterocycles. The van der Waals surface area contributed by atoms with E-state index in [1.54, 1.807) is 12.1 Å². The largest absolute Gasteiger partial charge is 0.502 e. The SMILES string of the molecule is COc1cc([C@@H]2c3cc4c(cc3C(NC(=O)NCCCNCCCCNCCCN)C3COC(=O)[C@@H]32)OCO4)cc(OC)c1O. The monoisotopic (exact) mass is 627 g/mol. The number of nitrogens with one attached hydrogen (secondary N) is 4. The summed E-state index contributed by atoms with van der Waals surface area (Å²) in [6.07, 6.45) is 3.96. The molecule has 7 N–H and O–H groups in total. The third-order valence-electron chi connectivity index (χ3n) is 8.67. The number of unbranched alkanes of at least 4 members (excludes halogenated alkanes) is 1. The van der Waals surface area contributed by atoms with Crippen molar-refractivity contribution in [1.82, 2.24) is 21.3 Å². The van der Waals surface area contributed by atoms with Crippen LogP contribution in [0.2, 0.25) is 0 Å². The predicted octanol–water partition coefficient (Wildman–Crippen LogP) is 2.11. The number of phenolic OH excluding ortho intramolecular Hbond substituents is 1. The lowest BCUT2D eigenvalue weighted by atomic mass is 9.65. The van der Waals surface area contributed by atoms with Crippen molar-refractivity contribution in [2.45, 2.75) is 37.6 Å². The summed E-state index contributed by atoms with van der Waals surface area (Å²) in [7, 11) is 2.91. The molecule has 0 bridgehead atoms. The molecule has 0 aromatic heterocycles. The van der Waals surface area contributed by atoms with E-state index in [0.29, 0.717) is 30.2 Å². The summed E-state index contributed by atoms with van der Waals surface area (Å²) >= 11 is 0. The summed E-state index contributed by atoms with van der Waals surface area (Å²) in [6.45, 7) is 5.12. The van der Waals surface area contributed by atoms with E-state index in [9.17, 15) is 14.7 Å². The Balaban J connectivity index is 1.27. The standard InChI is InChI=1S/C32H45N5O8/c1-41-25-13-19(14-26(42-2)30(25)38)27-20-15-23-24(45-18-44-23)16-21(20)29(22-17-43-31(39)28(22)27)37-32(40)36-12-6-11-35-9-4-3-8-34-10-5-7-33/h13-16,22,27-29,34-35,38H,3-12,17-18,33H2,1-2H3,(H2,36,37,40)/t22?,27-,28+,29?/m1/s1. The number of hydrogen-bond donors (Lipinski definition) is 6. The number of amides is 2. The topological polar surface area (TPSA) is 175 Å². The van der Waals surface area contributed by atoms with Crippen LogP contribution in [-0.4, -0.2) is 84.0 Å². The van der Waals surface area contributed by atoms with Crippen LogP contribution in [0.15, 0.2) is 24.3 Å². The van der Waals surface area contributed by atoms with Crippen LogP contribution in [0.4, 0.5) is 4.79 Å². The quantitative estimate of drug-likeness (QED) is 0.119. The van der Waals surface area contributed by atoms with Gasteiger partial charge in [-0.3, -0.25) is 4.79 Å². The van der Waals surface area contributed by atoms with Crippen LogP contribution in [-0.2, 0) is 9.53 Å². The molecule has 2 aliphatic heterocycles. The lowest BCUT2D eigenvalue weighted by Gasteiger charge is -2.39. The van der Waals surface area contributed by atoms with Gasteiger partial charge in [-0.15, -0.1) is 0 Å². The second kappa shape index (κ2) is 15.4. The molecule has 1 aliphatic carbocycles. The van der Waals surface area contributed by atoms with Crippen molar-refractivity contribution >= 4 is 12.0 Å². The van der Waals surface area contributed by atoms with Gasteiger partial charge in [0.15, 0.2) is 23.0 Å². The van der Waals surface area contributed by atoms with Gasteiger partial charge in [-0.1, -0.05) is 0 Å².